The fraction of sp³-hybridized carbons (Fsp3) is 0.889. The summed E-state index contributed by atoms with van der Waals surface area (Å²) in [6.07, 6.45) is 9.76. The molecule has 0 aromatic rings. The van der Waals surface area contributed by atoms with E-state index in [1.165, 1.54) is 25.7 Å². The molecule has 2 saturated carbocycles. The van der Waals surface area contributed by atoms with Gasteiger partial charge >= 0.3 is 0 Å². The van der Waals surface area contributed by atoms with Gasteiger partial charge in [-0.15, -0.1) is 0 Å². The summed E-state index contributed by atoms with van der Waals surface area (Å²) >= 11 is 0. The Balaban J connectivity index is 1.39. The third-order valence-electron chi connectivity index (χ3n) is 6.01. The van der Waals surface area contributed by atoms with Crippen molar-refractivity contribution in [3.05, 3.63) is 0 Å². The molecule has 2 amide bonds. The number of hydrogen-bond acceptors (Lipinski definition) is 3. The number of piperazine rings is 1. The zero-order valence-corrected chi connectivity index (χ0v) is 14.2. The molecule has 3 aliphatic rings. The van der Waals surface area contributed by atoms with Crippen molar-refractivity contribution >= 4 is 11.8 Å². The second-order valence-corrected chi connectivity index (χ2v) is 7.67. The van der Waals surface area contributed by atoms with E-state index in [9.17, 15) is 9.59 Å². The predicted molar refractivity (Wildman–Crippen MR) is 89.7 cm³/mol. The van der Waals surface area contributed by atoms with Crippen LogP contribution in [-0.4, -0.2) is 53.8 Å². The summed E-state index contributed by atoms with van der Waals surface area (Å²) in [6, 6.07) is 0.197. The maximum absolute atomic E-state index is 12.5. The molecule has 0 bridgehead atoms. The van der Waals surface area contributed by atoms with E-state index in [0.717, 1.165) is 31.6 Å². The Morgan fingerprint density at radius 1 is 0.913 bits per heavy atom. The van der Waals surface area contributed by atoms with Crippen LogP contribution >= 0.6 is 0 Å². The minimum Gasteiger partial charge on any atom is -0.339 e. The molecule has 2 atom stereocenters. The summed E-state index contributed by atoms with van der Waals surface area (Å²) in [6.45, 7) is 2.79. The summed E-state index contributed by atoms with van der Waals surface area (Å²) in [5.74, 6) is 1.44. The molecule has 3 rings (SSSR count). The van der Waals surface area contributed by atoms with Gasteiger partial charge in [0.05, 0.1) is 0 Å². The molecule has 0 aromatic carbocycles. The Morgan fingerprint density at radius 2 is 1.57 bits per heavy atom. The molecule has 0 spiro atoms. The van der Waals surface area contributed by atoms with Crippen LogP contribution in [0, 0.1) is 11.8 Å². The minimum atomic E-state index is 0.120. The van der Waals surface area contributed by atoms with E-state index in [4.69, 9.17) is 5.73 Å². The quantitative estimate of drug-likeness (QED) is 0.858. The fourth-order valence-corrected chi connectivity index (χ4v) is 4.46. The second-order valence-electron chi connectivity index (χ2n) is 7.67. The highest BCUT2D eigenvalue weighted by atomic mass is 16.2. The molecule has 0 radical (unpaired) electrons. The zero-order chi connectivity index (χ0) is 16.2. The number of carbonyl (C=O) groups excluding carboxylic acids is 2. The van der Waals surface area contributed by atoms with Crippen LogP contribution in [0.5, 0.6) is 0 Å². The van der Waals surface area contributed by atoms with Gasteiger partial charge < -0.3 is 15.5 Å². The largest absolute Gasteiger partial charge is 0.339 e. The molecular formula is C18H31N3O2. The first-order chi connectivity index (χ1) is 11.1. The van der Waals surface area contributed by atoms with Gasteiger partial charge in [0, 0.05) is 44.6 Å². The summed E-state index contributed by atoms with van der Waals surface area (Å²) in [5.41, 5.74) is 5.92. The number of carbonyl (C=O) groups is 2. The standard InChI is InChI=1S/C18H31N3O2/c19-16-7-6-15(13-16)18(23)21-11-9-20(10-12-21)17(22)8-5-14-3-1-2-4-14/h14-16H,1-13,19H2. The molecule has 1 aliphatic heterocycles. The maximum atomic E-state index is 12.5. The lowest BCUT2D eigenvalue weighted by Gasteiger charge is -2.36. The molecule has 2 aliphatic carbocycles. The van der Waals surface area contributed by atoms with E-state index in [1.807, 2.05) is 9.80 Å². The molecule has 23 heavy (non-hydrogen) atoms. The monoisotopic (exact) mass is 321 g/mol. The van der Waals surface area contributed by atoms with Crippen molar-refractivity contribution in [1.29, 1.82) is 0 Å². The molecule has 5 heteroatoms. The van der Waals surface area contributed by atoms with E-state index in [2.05, 4.69) is 0 Å². The van der Waals surface area contributed by atoms with E-state index >= 15 is 0 Å². The number of nitrogens with two attached hydrogens (primary N) is 1. The molecule has 1 saturated heterocycles. The Morgan fingerprint density at radius 3 is 2.17 bits per heavy atom. The second kappa shape index (κ2) is 7.65. The van der Waals surface area contributed by atoms with Crippen LogP contribution in [0.25, 0.3) is 0 Å². The van der Waals surface area contributed by atoms with Gasteiger partial charge in [0.1, 0.15) is 0 Å². The van der Waals surface area contributed by atoms with Gasteiger partial charge in [-0.3, -0.25) is 9.59 Å². The molecule has 1 heterocycles. The molecular weight excluding hydrogens is 290 g/mol. The van der Waals surface area contributed by atoms with E-state index < -0.39 is 0 Å². The first-order valence-electron chi connectivity index (χ1n) is 9.45. The van der Waals surface area contributed by atoms with E-state index in [-0.39, 0.29) is 23.8 Å². The van der Waals surface area contributed by atoms with Crippen LogP contribution in [-0.2, 0) is 9.59 Å². The first-order valence-corrected chi connectivity index (χ1v) is 9.45. The molecule has 5 nitrogen and oxygen atoms in total. The summed E-state index contributed by atoms with van der Waals surface area (Å²) in [4.78, 5) is 28.7. The number of amides is 2. The summed E-state index contributed by atoms with van der Waals surface area (Å²) in [5, 5.41) is 0. The van der Waals surface area contributed by atoms with Crippen LogP contribution in [0.1, 0.15) is 57.8 Å². The van der Waals surface area contributed by atoms with Gasteiger partial charge in [-0.05, 0) is 31.6 Å². The first kappa shape index (κ1) is 16.7. The van der Waals surface area contributed by atoms with Crippen molar-refractivity contribution < 1.29 is 9.59 Å². The van der Waals surface area contributed by atoms with Crippen molar-refractivity contribution in [2.75, 3.05) is 26.2 Å². The van der Waals surface area contributed by atoms with Gasteiger partial charge in [0.25, 0.3) is 0 Å². The topological polar surface area (TPSA) is 66.6 Å². The van der Waals surface area contributed by atoms with E-state index in [1.54, 1.807) is 0 Å². The molecule has 2 N–H and O–H groups in total. The Bertz CT molecular complexity index is 426. The predicted octanol–water partition coefficient (Wildman–Crippen LogP) is 1.75. The van der Waals surface area contributed by atoms with Crippen molar-refractivity contribution in [1.82, 2.24) is 9.80 Å². The lowest BCUT2D eigenvalue weighted by molar-refractivity contribution is -0.142. The highest BCUT2D eigenvalue weighted by molar-refractivity contribution is 5.80. The maximum Gasteiger partial charge on any atom is 0.225 e. The Hall–Kier alpha value is -1.10. The van der Waals surface area contributed by atoms with Gasteiger partial charge in [-0.25, -0.2) is 0 Å². The number of rotatable bonds is 4. The van der Waals surface area contributed by atoms with Gasteiger partial charge in [-0.1, -0.05) is 25.7 Å². The van der Waals surface area contributed by atoms with Crippen molar-refractivity contribution in [3.8, 4) is 0 Å². The van der Waals surface area contributed by atoms with Gasteiger partial charge in [0.2, 0.25) is 11.8 Å². The highest BCUT2D eigenvalue weighted by Gasteiger charge is 2.33. The van der Waals surface area contributed by atoms with Crippen LogP contribution in [0.15, 0.2) is 0 Å². The van der Waals surface area contributed by atoms with Crippen molar-refractivity contribution in [2.24, 2.45) is 17.6 Å². The van der Waals surface area contributed by atoms with Gasteiger partial charge in [0.15, 0.2) is 0 Å². The average molecular weight is 321 g/mol. The lowest BCUT2D eigenvalue weighted by atomic mass is 10.0. The molecule has 0 aromatic heterocycles. The summed E-state index contributed by atoms with van der Waals surface area (Å²) < 4.78 is 0. The molecule has 130 valence electrons. The van der Waals surface area contributed by atoms with E-state index in [0.29, 0.717) is 32.6 Å². The third-order valence-corrected chi connectivity index (χ3v) is 6.01. The summed E-state index contributed by atoms with van der Waals surface area (Å²) in [7, 11) is 0. The molecule has 3 fully saturated rings. The van der Waals surface area contributed by atoms with Crippen LogP contribution in [0.3, 0.4) is 0 Å². The average Bonchev–Trinajstić information content (AvgIpc) is 3.23. The minimum absolute atomic E-state index is 0.120. The van der Waals surface area contributed by atoms with Crippen LogP contribution in [0.4, 0.5) is 0 Å². The van der Waals surface area contributed by atoms with Crippen LogP contribution < -0.4 is 5.73 Å². The molecule has 2 unspecified atom stereocenters. The number of nitrogens with zero attached hydrogens (tertiary/aromatic N) is 2. The Labute approximate surface area is 139 Å². The third kappa shape index (κ3) is 4.25. The highest BCUT2D eigenvalue weighted by Crippen LogP contribution is 2.29. The zero-order valence-electron chi connectivity index (χ0n) is 14.2. The fourth-order valence-electron chi connectivity index (χ4n) is 4.46. The van der Waals surface area contributed by atoms with Crippen molar-refractivity contribution in [3.63, 3.8) is 0 Å². The van der Waals surface area contributed by atoms with Gasteiger partial charge in [-0.2, -0.15) is 0 Å². The SMILES string of the molecule is NC1CCC(C(=O)N2CCN(C(=O)CCC3CCCC3)CC2)C1. The van der Waals surface area contributed by atoms with Crippen molar-refractivity contribution in [2.45, 2.75) is 63.8 Å². The number of hydrogen-bond donors (Lipinski definition) is 1. The lowest BCUT2D eigenvalue weighted by Crippen LogP contribution is -2.51. The van der Waals surface area contributed by atoms with Crippen LogP contribution in [0.2, 0.25) is 0 Å². The smallest absolute Gasteiger partial charge is 0.225 e. The Kier molecular flexibility index (Phi) is 5.57. The normalized spacial score (nSPS) is 29.3.